The van der Waals surface area contributed by atoms with Crippen LogP contribution in [0.4, 0.5) is 0 Å². The Morgan fingerprint density at radius 3 is 2.69 bits per heavy atom. The van der Waals surface area contributed by atoms with E-state index in [0.717, 1.165) is 18.7 Å². The lowest BCUT2D eigenvalue weighted by Crippen LogP contribution is -2.42. The highest BCUT2D eigenvalue weighted by atomic mass is 35.5. The summed E-state index contributed by atoms with van der Waals surface area (Å²) in [6.07, 6.45) is 0.00364. The fourth-order valence-corrected chi connectivity index (χ4v) is 4.66. The normalized spacial score (nSPS) is 18.8. The molecule has 140 valence electrons. The maximum Gasteiger partial charge on any atom is 0.242 e. The maximum absolute atomic E-state index is 12.4. The Morgan fingerprint density at radius 2 is 1.92 bits per heavy atom. The van der Waals surface area contributed by atoms with Gasteiger partial charge >= 0.3 is 0 Å². The Bertz CT molecular complexity index is 847. The van der Waals surface area contributed by atoms with Gasteiger partial charge in [0.25, 0.3) is 0 Å². The van der Waals surface area contributed by atoms with Crippen LogP contribution in [0.3, 0.4) is 0 Å². The molecule has 0 saturated carbocycles. The number of benzene rings is 2. The molecule has 0 aromatic heterocycles. The number of ether oxygens (including phenoxy) is 1. The van der Waals surface area contributed by atoms with Crippen molar-refractivity contribution in [3.05, 3.63) is 64.1 Å². The second-order valence-corrected chi connectivity index (χ2v) is 8.62. The number of nitrogens with zero attached hydrogens (tertiary/aromatic N) is 1. The number of halogens is 2. The quantitative estimate of drug-likeness (QED) is 0.786. The zero-order valence-electron chi connectivity index (χ0n) is 14.1. The van der Waals surface area contributed by atoms with Gasteiger partial charge in [-0.25, -0.2) is 13.1 Å². The molecule has 1 N–H and O–H groups in total. The molecule has 2 aromatic rings. The Hall–Kier alpha value is -1.15. The van der Waals surface area contributed by atoms with Gasteiger partial charge in [-0.05, 0) is 23.8 Å². The first-order valence-electron chi connectivity index (χ1n) is 8.29. The summed E-state index contributed by atoms with van der Waals surface area (Å²) in [4.78, 5) is 2.18. The van der Waals surface area contributed by atoms with E-state index in [4.69, 9.17) is 27.9 Å². The van der Waals surface area contributed by atoms with E-state index in [1.54, 1.807) is 6.07 Å². The van der Waals surface area contributed by atoms with Crippen molar-refractivity contribution in [2.45, 2.75) is 11.0 Å². The van der Waals surface area contributed by atoms with E-state index in [-0.39, 0.29) is 22.6 Å². The predicted octanol–water partition coefficient (Wildman–Crippen LogP) is 3.35. The molecule has 0 amide bonds. The molecule has 0 aliphatic carbocycles. The molecule has 5 nitrogen and oxygen atoms in total. The van der Waals surface area contributed by atoms with Crippen molar-refractivity contribution in [2.75, 3.05) is 32.8 Å². The summed E-state index contributed by atoms with van der Waals surface area (Å²) in [6, 6.07) is 14.4. The fraction of sp³-hybridized carbons (Fsp3) is 0.333. The Kier molecular flexibility index (Phi) is 6.55. The van der Waals surface area contributed by atoms with E-state index < -0.39 is 10.0 Å². The van der Waals surface area contributed by atoms with Gasteiger partial charge in [0.2, 0.25) is 10.0 Å². The highest BCUT2D eigenvalue weighted by Crippen LogP contribution is 2.25. The van der Waals surface area contributed by atoms with Crippen molar-refractivity contribution in [3.63, 3.8) is 0 Å². The van der Waals surface area contributed by atoms with Crippen molar-refractivity contribution in [3.8, 4) is 0 Å². The van der Waals surface area contributed by atoms with Crippen LogP contribution >= 0.6 is 23.2 Å². The third kappa shape index (κ3) is 4.97. The van der Waals surface area contributed by atoms with Crippen LogP contribution in [0.1, 0.15) is 11.7 Å². The maximum atomic E-state index is 12.4. The molecule has 3 rings (SSSR count). The lowest BCUT2D eigenvalue weighted by Gasteiger charge is -2.33. The summed E-state index contributed by atoms with van der Waals surface area (Å²) >= 11 is 11.9. The van der Waals surface area contributed by atoms with E-state index in [0.29, 0.717) is 18.2 Å². The lowest BCUT2D eigenvalue weighted by molar-refractivity contribution is -0.0291. The molecule has 1 saturated heterocycles. The first kappa shape index (κ1) is 19.6. The van der Waals surface area contributed by atoms with Gasteiger partial charge in [-0.1, -0.05) is 53.5 Å². The molecule has 1 fully saturated rings. The van der Waals surface area contributed by atoms with E-state index in [1.165, 1.54) is 12.1 Å². The zero-order chi connectivity index (χ0) is 18.6. The van der Waals surface area contributed by atoms with Crippen molar-refractivity contribution >= 4 is 33.2 Å². The minimum Gasteiger partial charge on any atom is -0.371 e. The summed E-state index contributed by atoms with van der Waals surface area (Å²) in [5.74, 6) is 0. The number of rotatable bonds is 6. The topological polar surface area (TPSA) is 58.6 Å². The van der Waals surface area contributed by atoms with E-state index in [1.807, 2.05) is 30.3 Å². The smallest absolute Gasteiger partial charge is 0.242 e. The van der Waals surface area contributed by atoms with Crippen LogP contribution in [0, 0.1) is 0 Å². The molecule has 1 atom stereocenters. The van der Waals surface area contributed by atoms with E-state index in [9.17, 15) is 8.42 Å². The van der Waals surface area contributed by atoms with Gasteiger partial charge in [-0.2, -0.15) is 0 Å². The molecule has 1 heterocycles. The van der Waals surface area contributed by atoms with Crippen molar-refractivity contribution in [1.82, 2.24) is 9.62 Å². The molecule has 0 unspecified atom stereocenters. The van der Waals surface area contributed by atoms with Crippen LogP contribution in [-0.4, -0.2) is 46.1 Å². The number of sulfonamides is 1. The summed E-state index contributed by atoms with van der Waals surface area (Å²) in [7, 11) is -3.70. The standard InChI is InChI=1S/C18H20Cl2N2O3S/c19-15-6-7-16(20)18(12-15)26(23,24)21-8-9-22-10-11-25-17(13-22)14-4-2-1-3-5-14/h1-7,12,17,21H,8-11,13H2/t17-/m0/s1. The van der Waals surface area contributed by atoms with E-state index >= 15 is 0 Å². The van der Waals surface area contributed by atoms with Gasteiger partial charge in [0, 0.05) is 31.2 Å². The van der Waals surface area contributed by atoms with Gasteiger partial charge < -0.3 is 4.74 Å². The second-order valence-electron chi connectivity index (χ2n) is 6.04. The first-order chi connectivity index (χ1) is 12.5. The second kappa shape index (κ2) is 8.69. The van der Waals surface area contributed by atoms with Gasteiger partial charge in [-0.15, -0.1) is 0 Å². The molecule has 2 aromatic carbocycles. The summed E-state index contributed by atoms with van der Waals surface area (Å²) in [5.41, 5.74) is 1.13. The summed E-state index contributed by atoms with van der Waals surface area (Å²) in [6.45, 7) is 2.98. The summed E-state index contributed by atoms with van der Waals surface area (Å²) in [5, 5.41) is 0.478. The van der Waals surface area contributed by atoms with Crippen molar-refractivity contribution in [1.29, 1.82) is 0 Å². The zero-order valence-corrected chi connectivity index (χ0v) is 16.4. The van der Waals surface area contributed by atoms with Crippen molar-refractivity contribution < 1.29 is 13.2 Å². The van der Waals surface area contributed by atoms with Crippen LogP contribution in [0.2, 0.25) is 10.0 Å². The molecule has 1 aliphatic rings. The highest BCUT2D eigenvalue weighted by molar-refractivity contribution is 7.89. The Morgan fingerprint density at radius 1 is 1.15 bits per heavy atom. The average molecular weight is 415 g/mol. The van der Waals surface area contributed by atoms with Crippen LogP contribution in [-0.2, 0) is 14.8 Å². The van der Waals surface area contributed by atoms with Gasteiger partial charge in [-0.3, -0.25) is 4.90 Å². The first-order valence-corrected chi connectivity index (χ1v) is 10.5. The molecule has 0 bridgehead atoms. The molecular formula is C18H20Cl2N2O3S. The molecule has 8 heteroatoms. The Labute approximate surface area is 163 Å². The van der Waals surface area contributed by atoms with E-state index in [2.05, 4.69) is 9.62 Å². The van der Waals surface area contributed by atoms with Crippen LogP contribution in [0.25, 0.3) is 0 Å². The minimum atomic E-state index is -3.70. The molecular weight excluding hydrogens is 395 g/mol. The van der Waals surface area contributed by atoms with Gasteiger partial charge in [0.05, 0.1) is 17.7 Å². The average Bonchev–Trinajstić information content (AvgIpc) is 2.64. The minimum absolute atomic E-state index is 0.00364. The molecule has 0 spiro atoms. The Balaban J connectivity index is 1.56. The molecule has 26 heavy (non-hydrogen) atoms. The highest BCUT2D eigenvalue weighted by Gasteiger charge is 2.23. The van der Waals surface area contributed by atoms with Gasteiger partial charge in [0.1, 0.15) is 4.90 Å². The third-order valence-electron chi connectivity index (χ3n) is 4.22. The monoisotopic (exact) mass is 414 g/mol. The largest absolute Gasteiger partial charge is 0.371 e. The molecule has 0 radical (unpaired) electrons. The molecule has 1 aliphatic heterocycles. The SMILES string of the molecule is O=S(=O)(NCCN1CCO[C@H](c2ccccc2)C1)c1cc(Cl)ccc1Cl. The van der Waals surface area contributed by atoms with Crippen molar-refractivity contribution in [2.24, 2.45) is 0 Å². The summed E-state index contributed by atoms with van der Waals surface area (Å²) < 4.78 is 33.3. The number of hydrogen-bond donors (Lipinski definition) is 1. The van der Waals surface area contributed by atoms with Gasteiger partial charge in [0.15, 0.2) is 0 Å². The predicted molar refractivity (Wildman–Crippen MR) is 103 cm³/mol. The lowest BCUT2D eigenvalue weighted by atomic mass is 10.1. The fourth-order valence-electron chi connectivity index (χ4n) is 2.87. The number of morpholine rings is 1. The van der Waals surface area contributed by atoms with Crippen LogP contribution in [0.5, 0.6) is 0 Å². The number of hydrogen-bond acceptors (Lipinski definition) is 4. The van der Waals surface area contributed by atoms with Crippen LogP contribution in [0.15, 0.2) is 53.4 Å². The number of nitrogens with one attached hydrogen (secondary N) is 1. The van der Waals surface area contributed by atoms with Crippen LogP contribution < -0.4 is 4.72 Å². The third-order valence-corrected chi connectivity index (χ3v) is 6.40.